The number of fused-ring (bicyclic) bond motifs is 1. The third-order valence-corrected chi connectivity index (χ3v) is 10.7. The summed E-state index contributed by atoms with van der Waals surface area (Å²) < 4.78 is 47.6. The Kier molecular flexibility index (Phi) is 10.9. The molecule has 0 fully saturated rings. The number of anilines is 1. The highest BCUT2D eigenvalue weighted by Gasteiger charge is 2.27. The van der Waals surface area contributed by atoms with Gasteiger partial charge in [-0.05, 0) is 109 Å². The Hall–Kier alpha value is -4.80. The van der Waals surface area contributed by atoms with Crippen molar-refractivity contribution in [2.24, 2.45) is 0 Å². The van der Waals surface area contributed by atoms with Gasteiger partial charge in [-0.2, -0.15) is 9.40 Å². The summed E-state index contributed by atoms with van der Waals surface area (Å²) in [7, 11) is -0.689. The first-order valence-electron chi connectivity index (χ1n) is 16.8. The number of nitrogen functional groups attached to an aromatic ring is 1. The van der Waals surface area contributed by atoms with Crippen LogP contribution in [-0.2, 0) is 42.5 Å². The van der Waals surface area contributed by atoms with Crippen molar-refractivity contribution in [2.75, 3.05) is 26.6 Å². The number of methoxy groups -OCH3 is 2. The first kappa shape index (κ1) is 34.1. The second-order valence-electron chi connectivity index (χ2n) is 12.3. The van der Waals surface area contributed by atoms with E-state index in [1.165, 1.54) is 21.9 Å². The SMILES string of the molecule is COc1ccc(CN(Cc2ccc(OC)cc2)S(=O)(=O)c2ccn(CCCCCOc3cccc(-c4ccc5c(c4N)CCC5)c3)n2)cc1. The average molecular weight is 681 g/mol. The third-order valence-electron chi connectivity index (χ3n) is 9.03. The molecule has 0 unspecified atom stereocenters. The zero-order chi connectivity index (χ0) is 34.2. The molecule has 0 radical (unpaired) electrons. The van der Waals surface area contributed by atoms with E-state index in [2.05, 4.69) is 29.4 Å². The van der Waals surface area contributed by atoms with Crippen LogP contribution in [0.1, 0.15) is 47.9 Å². The third kappa shape index (κ3) is 8.26. The van der Waals surface area contributed by atoms with Gasteiger partial charge in [0.2, 0.25) is 0 Å². The fourth-order valence-corrected chi connectivity index (χ4v) is 7.62. The van der Waals surface area contributed by atoms with Crippen molar-refractivity contribution in [1.82, 2.24) is 14.1 Å². The molecule has 6 rings (SSSR count). The van der Waals surface area contributed by atoms with Crippen LogP contribution < -0.4 is 19.9 Å². The topological polar surface area (TPSA) is 109 Å². The van der Waals surface area contributed by atoms with E-state index in [1.807, 2.05) is 60.7 Å². The van der Waals surface area contributed by atoms with E-state index < -0.39 is 10.0 Å². The van der Waals surface area contributed by atoms with E-state index in [9.17, 15) is 8.42 Å². The van der Waals surface area contributed by atoms with E-state index in [0.717, 1.165) is 65.8 Å². The molecule has 9 nitrogen and oxygen atoms in total. The van der Waals surface area contributed by atoms with Crippen LogP contribution >= 0.6 is 0 Å². The molecular formula is C39H44N4O5S. The second kappa shape index (κ2) is 15.6. The van der Waals surface area contributed by atoms with Crippen molar-refractivity contribution in [3.63, 3.8) is 0 Å². The van der Waals surface area contributed by atoms with Crippen LogP contribution in [-0.4, -0.2) is 43.3 Å². The van der Waals surface area contributed by atoms with Crippen molar-refractivity contribution >= 4 is 15.7 Å². The van der Waals surface area contributed by atoms with Gasteiger partial charge in [0.05, 0.1) is 20.8 Å². The minimum absolute atomic E-state index is 0.0294. The molecule has 1 aromatic heterocycles. The maximum Gasteiger partial charge on any atom is 0.262 e. The highest BCUT2D eigenvalue weighted by molar-refractivity contribution is 7.89. The van der Waals surface area contributed by atoms with Crippen molar-refractivity contribution in [1.29, 1.82) is 0 Å². The molecule has 0 bridgehead atoms. The standard InChI is InChI=1S/C39H44N4O5S/c1-46-33-17-12-29(13-18-33)27-43(28-30-14-19-34(47-2)20-15-30)49(44,45)38-22-24-42(41-38)23-4-3-5-25-48-35-10-6-9-32(26-35)37-21-16-31-8-7-11-36(31)39(37)40/h6,9-10,12-22,24,26H,3-5,7-8,11,23,25,27-28,40H2,1-2H3. The van der Waals surface area contributed by atoms with E-state index >= 15 is 0 Å². The van der Waals surface area contributed by atoms with Gasteiger partial charge in [-0.1, -0.05) is 48.5 Å². The molecule has 0 atom stereocenters. The lowest BCUT2D eigenvalue weighted by Gasteiger charge is -2.21. The minimum atomic E-state index is -3.90. The first-order valence-corrected chi connectivity index (χ1v) is 18.2. The number of benzene rings is 4. The fourth-order valence-electron chi connectivity index (χ4n) is 6.28. The predicted octanol–water partition coefficient (Wildman–Crippen LogP) is 7.28. The molecule has 49 heavy (non-hydrogen) atoms. The summed E-state index contributed by atoms with van der Waals surface area (Å²) in [5, 5.41) is 4.51. The van der Waals surface area contributed by atoms with Crippen LogP contribution in [0.15, 0.2) is 102 Å². The molecule has 4 aromatic carbocycles. The fraction of sp³-hybridized carbons (Fsp3) is 0.308. The maximum absolute atomic E-state index is 13.9. The molecule has 10 heteroatoms. The molecule has 1 aliphatic carbocycles. The maximum atomic E-state index is 13.9. The van der Waals surface area contributed by atoms with Crippen molar-refractivity contribution in [3.8, 4) is 28.4 Å². The predicted molar refractivity (Wildman–Crippen MR) is 192 cm³/mol. The van der Waals surface area contributed by atoms with Gasteiger partial charge in [-0.25, -0.2) is 8.42 Å². The Labute approximate surface area is 289 Å². The number of aryl methyl sites for hydroxylation is 2. The Bertz CT molecular complexity index is 1910. The number of nitrogens with zero attached hydrogens (tertiary/aromatic N) is 3. The van der Waals surface area contributed by atoms with E-state index in [4.69, 9.17) is 19.9 Å². The zero-order valence-corrected chi connectivity index (χ0v) is 29.0. The van der Waals surface area contributed by atoms with Crippen LogP contribution in [0.5, 0.6) is 17.2 Å². The lowest BCUT2D eigenvalue weighted by atomic mass is 9.97. The Morgan fingerprint density at radius 2 is 1.49 bits per heavy atom. The molecule has 0 spiro atoms. The number of aromatic nitrogens is 2. The smallest absolute Gasteiger partial charge is 0.262 e. The zero-order valence-electron chi connectivity index (χ0n) is 28.2. The minimum Gasteiger partial charge on any atom is -0.497 e. The number of hydrogen-bond donors (Lipinski definition) is 1. The monoisotopic (exact) mass is 680 g/mol. The van der Waals surface area contributed by atoms with E-state index in [-0.39, 0.29) is 18.1 Å². The van der Waals surface area contributed by atoms with Gasteiger partial charge in [-0.3, -0.25) is 4.68 Å². The molecule has 1 aliphatic rings. The number of hydrogen-bond acceptors (Lipinski definition) is 7. The summed E-state index contributed by atoms with van der Waals surface area (Å²) in [6.45, 7) is 1.58. The molecule has 1 heterocycles. The quantitative estimate of drug-likeness (QED) is 0.0862. The second-order valence-corrected chi connectivity index (χ2v) is 14.2. The van der Waals surface area contributed by atoms with Gasteiger partial charge in [-0.15, -0.1) is 0 Å². The number of rotatable bonds is 16. The first-order chi connectivity index (χ1) is 23.8. The summed E-state index contributed by atoms with van der Waals surface area (Å²) in [5.74, 6) is 2.25. The van der Waals surface area contributed by atoms with Crippen LogP contribution in [0.2, 0.25) is 0 Å². The van der Waals surface area contributed by atoms with Crippen LogP contribution in [0.3, 0.4) is 0 Å². The Morgan fingerprint density at radius 3 is 2.16 bits per heavy atom. The number of unbranched alkanes of at least 4 members (excludes halogenated alkanes) is 2. The highest BCUT2D eigenvalue weighted by Crippen LogP contribution is 2.36. The summed E-state index contributed by atoms with van der Waals surface area (Å²) in [6, 6.07) is 28.9. The van der Waals surface area contributed by atoms with Crippen molar-refractivity contribution in [3.05, 3.63) is 119 Å². The summed E-state index contributed by atoms with van der Waals surface area (Å²) in [6.07, 6.45) is 7.70. The van der Waals surface area contributed by atoms with Gasteiger partial charge in [0, 0.05) is 37.1 Å². The number of nitrogens with two attached hydrogens (primary N) is 1. The van der Waals surface area contributed by atoms with Crippen LogP contribution in [0.4, 0.5) is 5.69 Å². The molecule has 0 amide bonds. The molecule has 0 saturated heterocycles. The summed E-state index contributed by atoms with van der Waals surface area (Å²) in [5.41, 5.74) is 13.9. The highest BCUT2D eigenvalue weighted by atomic mass is 32.2. The van der Waals surface area contributed by atoms with E-state index in [1.54, 1.807) is 31.2 Å². The van der Waals surface area contributed by atoms with Gasteiger partial charge in [0.15, 0.2) is 5.03 Å². The van der Waals surface area contributed by atoms with Crippen molar-refractivity contribution < 1.29 is 22.6 Å². The summed E-state index contributed by atoms with van der Waals surface area (Å²) >= 11 is 0. The normalized spacial score (nSPS) is 12.6. The number of ether oxygens (including phenoxy) is 3. The number of sulfonamides is 1. The summed E-state index contributed by atoms with van der Waals surface area (Å²) in [4.78, 5) is 0. The molecule has 0 saturated carbocycles. The van der Waals surface area contributed by atoms with Gasteiger partial charge >= 0.3 is 0 Å². The van der Waals surface area contributed by atoms with Crippen LogP contribution in [0.25, 0.3) is 11.1 Å². The van der Waals surface area contributed by atoms with Gasteiger partial charge < -0.3 is 19.9 Å². The Balaban J connectivity index is 1.03. The van der Waals surface area contributed by atoms with Crippen LogP contribution in [0, 0.1) is 0 Å². The molecular weight excluding hydrogens is 637 g/mol. The largest absolute Gasteiger partial charge is 0.497 e. The van der Waals surface area contributed by atoms with Gasteiger partial charge in [0.1, 0.15) is 17.2 Å². The van der Waals surface area contributed by atoms with Crippen molar-refractivity contribution in [2.45, 2.75) is 63.2 Å². The lowest BCUT2D eigenvalue weighted by Crippen LogP contribution is -2.30. The Morgan fingerprint density at radius 1 is 0.796 bits per heavy atom. The molecule has 0 aliphatic heterocycles. The molecule has 2 N–H and O–H groups in total. The van der Waals surface area contributed by atoms with Gasteiger partial charge in [0.25, 0.3) is 10.0 Å². The molecule has 256 valence electrons. The van der Waals surface area contributed by atoms with E-state index in [0.29, 0.717) is 24.7 Å². The molecule has 5 aromatic rings. The average Bonchev–Trinajstić information content (AvgIpc) is 3.82. The lowest BCUT2D eigenvalue weighted by molar-refractivity contribution is 0.303.